The molecule has 10 heteroatoms. The number of nitrogens with zero attached hydrogens (tertiary/aromatic N) is 2. The second kappa shape index (κ2) is 7.87. The summed E-state index contributed by atoms with van der Waals surface area (Å²) in [5, 5.41) is 7.13. The number of aromatic nitrogens is 1. The fraction of sp³-hybridized carbons (Fsp3) is 0.412. The molecule has 0 saturated heterocycles. The molecule has 0 bridgehead atoms. The molecule has 0 unspecified atom stereocenters. The number of fused-ring (bicyclic) bond motifs is 1. The Kier molecular flexibility index (Phi) is 5.99. The molecule has 27 heavy (non-hydrogen) atoms. The first-order valence-corrected chi connectivity index (χ1v) is 8.14. The zero-order valence-corrected chi connectivity index (χ0v) is 15.3. The van der Waals surface area contributed by atoms with Crippen molar-refractivity contribution in [3.05, 3.63) is 29.5 Å². The van der Waals surface area contributed by atoms with E-state index in [0.717, 1.165) is 23.6 Å². The summed E-state index contributed by atoms with van der Waals surface area (Å²) in [6.45, 7) is 1.01. The minimum absolute atomic E-state index is 0.0642. The SMILES string of the molecule is CN(C)CCCOc1cc(C(F)(F)F)c2cc(C(=O)N(C)C(=N)N)[nH]c2c1. The second-order valence-electron chi connectivity index (χ2n) is 6.37. The Hall–Kier alpha value is -2.75. The Labute approximate surface area is 154 Å². The van der Waals surface area contributed by atoms with Crippen LogP contribution in [0.5, 0.6) is 5.75 Å². The average molecular weight is 385 g/mol. The quantitative estimate of drug-likeness (QED) is 0.404. The molecular formula is C17H22F3N5O2. The third-order valence-corrected chi connectivity index (χ3v) is 3.93. The lowest BCUT2D eigenvalue weighted by Gasteiger charge is -2.13. The maximum absolute atomic E-state index is 13.5. The Bertz CT molecular complexity index is 845. The highest BCUT2D eigenvalue weighted by Crippen LogP contribution is 2.38. The summed E-state index contributed by atoms with van der Waals surface area (Å²) in [6, 6.07) is 3.45. The van der Waals surface area contributed by atoms with Crippen LogP contribution in [0.3, 0.4) is 0 Å². The van der Waals surface area contributed by atoms with Crippen LogP contribution in [-0.4, -0.2) is 60.9 Å². The first-order valence-electron chi connectivity index (χ1n) is 8.14. The van der Waals surface area contributed by atoms with Gasteiger partial charge in [0.1, 0.15) is 11.4 Å². The van der Waals surface area contributed by atoms with Crippen LogP contribution in [0.4, 0.5) is 13.2 Å². The number of guanidine groups is 1. The van der Waals surface area contributed by atoms with Crippen molar-refractivity contribution in [3.8, 4) is 5.75 Å². The molecule has 0 saturated carbocycles. The number of hydrogen-bond donors (Lipinski definition) is 3. The predicted molar refractivity (Wildman–Crippen MR) is 96.0 cm³/mol. The van der Waals surface area contributed by atoms with E-state index in [1.807, 2.05) is 19.0 Å². The number of H-pyrrole nitrogens is 1. The molecule has 0 spiro atoms. The van der Waals surface area contributed by atoms with Gasteiger partial charge < -0.3 is 20.4 Å². The Balaban J connectivity index is 2.39. The molecule has 0 aliphatic heterocycles. The van der Waals surface area contributed by atoms with E-state index < -0.39 is 23.6 Å². The van der Waals surface area contributed by atoms with Crippen LogP contribution in [-0.2, 0) is 6.18 Å². The largest absolute Gasteiger partial charge is 0.493 e. The van der Waals surface area contributed by atoms with Crippen molar-refractivity contribution in [2.75, 3.05) is 34.3 Å². The Morgan fingerprint density at radius 3 is 2.48 bits per heavy atom. The van der Waals surface area contributed by atoms with E-state index in [1.54, 1.807) is 0 Å². The van der Waals surface area contributed by atoms with Gasteiger partial charge in [-0.15, -0.1) is 0 Å². The van der Waals surface area contributed by atoms with E-state index in [1.165, 1.54) is 13.1 Å². The molecule has 1 heterocycles. The normalized spacial score (nSPS) is 11.8. The number of benzene rings is 1. The van der Waals surface area contributed by atoms with E-state index >= 15 is 0 Å². The van der Waals surface area contributed by atoms with Gasteiger partial charge in [0, 0.05) is 25.0 Å². The molecule has 0 aliphatic rings. The number of carbonyl (C=O) groups excluding carboxylic acids is 1. The van der Waals surface area contributed by atoms with Crippen LogP contribution >= 0.6 is 0 Å². The van der Waals surface area contributed by atoms with Crippen molar-refractivity contribution >= 4 is 22.8 Å². The molecule has 1 amide bonds. The number of nitrogens with one attached hydrogen (secondary N) is 2. The highest BCUT2D eigenvalue weighted by Gasteiger charge is 2.34. The smallest absolute Gasteiger partial charge is 0.417 e. The van der Waals surface area contributed by atoms with Crippen LogP contribution in [0, 0.1) is 5.41 Å². The van der Waals surface area contributed by atoms with Gasteiger partial charge in [-0.3, -0.25) is 15.1 Å². The fourth-order valence-electron chi connectivity index (χ4n) is 2.51. The van der Waals surface area contributed by atoms with Gasteiger partial charge in [0.15, 0.2) is 5.96 Å². The highest BCUT2D eigenvalue weighted by atomic mass is 19.4. The first kappa shape index (κ1) is 20.6. The second-order valence-corrected chi connectivity index (χ2v) is 6.37. The van der Waals surface area contributed by atoms with Crippen molar-refractivity contribution < 1.29 is 22.7 Å². The van der Waals surface area contributed by atoms with Crippen LogP contribution in [0.2, 0.25) is 0 Å². The van der Waals surface area contributed by atoms with Crippen molar-refractivity contribution in [3.63, 3.8) is 0 Å². The number of hydrogen-bond acceptors (Lipinski definition) is 4. The molecule has 1 aromatic heterocycles. The molecule has 0 fully saturated rings. The number of nitrogens with two attached hydrogens (primary N) is 1. The van der Waals surface area contributed by atoms with E-state index in [4.69, 9.17) is 15.9 Å². The van der Waals surface area contributed by atoms with Crippen LogP contribution in [0.15, 0.2) is 18.2 Å². The van der Waals surface area contributed by atoms with Crippen LogP contribution < -0.4 is 10.5 Å². The van der Waals surface area contributed by atoms with Gasteiger partial charge in [-0.05, 0) is 32.6 Å². The monoisotopic (exact) mass is 385 g/mol. The lowest BCUT2D eigenvalue weighted by molar-refractivity contribution is -0.136. The Morgan fingerprint density at radius 2 is 1.93 bits per heavy atom. The van der Waals surface area contributed by atoms with E-state index in [2.05, 4.69) is 4.98 Å². The molecular weight excluding hydrogens is 363 g/mol. The lowest BCUT2D eigenvalue weighted by Crippen LogP contribution is -2.38. The minimum Gasteiger partial charge on any atom is -0.493 e. The van der Waals surface area contributed by atoms with Gasteiger partial charge in [-0.1, -0.05) is 0 Å². The average Bonchev–Trinajstić information content (AvgIpc) is 2.99. The summed E-state index contributed by atoms with van der Waals surface area (Å²) in [7, 11) is 5.05. The van der Waals surface area contributed by atoms with Crippen molar-refractivity contribution in [1.82, 2.24) is 14.8 Å². The van der Waals surface area contributed by atoms with Crippen molar-refractivity contribution in [1.29, 1.82) is 5.41 Å². The number of amides is 1. The molecule has 7 nitrogen and oxygen atoms in total. The number of rotatable bonds is 6. The summed E-state index contributed by atoms with van der Waals surface area (Å²) >= 11 is 0. The Morgan fingerprint density at radius 1 is 1.26 bits per heavy atom. The predicted octanol–water partition coefficient (Wildman–Crippen LogP) is 2.48. The van der Waals surface area contributed by atoms with Gasteiger partial charge in [-0.25, -0.2) is 0 Å². The summed E-state index contributed by atoms with van der Waals surface area (Å²) < 4.78 is 45.9. The highest BCUT2D eigenvalue weighted by molar-refractivity contribution is 6.06. The summed E-state index contributed by atoms with van der Waals surface area (Å²) in [6.07, 6.45) is -3.96. The zero-order valence-electron chi connectivity index (χ0n) is 15.3. The zero-order chi connectivity index (χ0) is 20.4. The van der Waals surface area contributed by atoms with Gasteiger partial charge in [0.2, 0.25) is 0 Å². The van der Waals surface area contributed by atoms with Crippen molar-refractivity contribution in [2.45, 2.75) is 12.6 Å². The van der Waals surface area contributed by atoms with Gasteiger partial charge in [0.05, 0.1) is 17.7 Å². The topological polar surface area (TPSA) is 98.4 Å². The lowest BCUT2D eigenvalue weighted by atomic mass is 10.1. The number of aromatic amines is 1. The first-order chi connectivity index (χ1) is 12.5. The van der Waals surface area contributed by atoms with Crippen LogP contribution in [0.25, 0.3) is 10.9 Å². The molecule has 0 aliphatic carbocycles. The van der Waals surface area contributed by atoms with E-state index in [-0.39, 0.29) is 29.0 Å². The summed E-state index contributed by atoms with van der Waals surface area (Å²) in [5.41, 5.74) is 4.37. The van der Waals surface area contributed by atoms with Crippen molar-refractivity contribution in [2.24, 2.45) is 5.73 Å². The molecule has 0 radical (unpaired) electrons. The number of carbonyl (C=O) groups is 1. The molecule has 2 aromatic rings. The number of ether oxygens (including phenoxy) is 1. The summed E-state index contributed by atoms with van der Waals surface area (Å²) in [4.78, 5) is 17.7. The summed E-state index contributed by atoms with van der Waals surface area (Å²) in [5.74, 6) is -1.16. The van der Waals surface area contributed by atoms with E-state index in [9.17, 15) is 18.0 Å². The minimum atomic E-state index is -4.61. The van der Waals surface area contributed by atoms with E-state index in [0.29, 0.717) is 6.42 Å². The maximum atomic E-state index is 13.5. The maximum Gasteiger partial charge on any atom is 0.417 e. The number of alkyl halides is 3. The molecule has 0 atom stereocenters. The molecule has 2 rings (SSSR count). The van der Waals surface area contributed by atoms with Gasteiger partial charge in [-0.2, -0.15) is 13.2 Å². The third-order valence-electron chi connectivity index (χ3n) is 3.93. The molecule has 148 valence electrons. The molecule has 4 N–H and O–H groups in total. The van der Waals surface area contributed by atoms with Gasteiger partial charge in [0.25, 0.3) is 5.91 Å². The van der Waals surface area contributed by atoms with Crippen LogP contribution in [0.1, 0.15) is 22.5 Å². The third kappa shape index (κ3) is 4.91. The standard InChI is InChI=1S/C17H22F3N5O2/c1-24(2)5-4-6-27-10-7-12(17(18,19)20)11-9-14(23-13(11)8-10)15(26)25(3)16(21)22/h7-9,23H,4-6H2,1-3H3,(H3,21,22). The number of halogens is 3. The fourth-order valence-corrected chi connectivity index (χ4v) is 2.51. The van der Waals surface area contributed by atoms with Gasteiger partial charge >= 0.3 is 6.18 Å². The molecule has 1 aromatic carbocycles.